The van der Waals surface area contributed by atoms with E-state index in [2.05, 4.69) is 15.4 Å². The van der Waals surface area contributed by atoms with Crippen LogP contribution in [0.15, 0.2) is 47.3 Å². The van der Waals surface area contributed by atoms with Gasteiger partial charge in [0, 0.05) is 13.0 Å². The standard InChI is InChI=1S/C25H25Cl2N5O2/c1-4-28-20(33)13-16-10-8-15(9-11-16)12-19-29-24-21(25(34)30-19)22(14(2)3)31-32(24)23-17(26)6-5-7-18(23)27/h5-11,14,31H,4,12-13H2,1-3H3,(H,28,33). The first-order valence-corrected chi connectivity index (χ1v) is 11.8. The highest BCUT2D eigenvalue weighted by molar-refractivity contribution is 6.37. The number of fused-ring (bicyclic) bond motifs is 1. The van der Waals surface area contributed by atoms with Gasteiger partial charge in [-0.2, -0.15) is 4.98 Å². The number of aromatic nitrogens is 4. The summed E-state index contributed by atoms with van der Waals surface area (Å²) in [6, 6.07) is 12.9. The second-order valence-electron chi connectivity index (χ2n) is 8.35. The van der Waals surface area contributed by atoms with Gasteiger partial charge >= 0.3 is 0 Å². The predicted molar refractivity (Wildman–Crippen MR) is 134 cm³/mol. The van der Waals surface area contributed by atoms with E-state index in [0.717, 1.165) is 16.8 Å². The summed E-state index contributed by atoms with van der Waals surface area (Å²) in [5.74, 6) is 0.836. The molecule has 0 radical (unpaired) electrons. The lowest BCUT2D eigenvalue weighted by Crippen LogP contribution is -2.24. The lowest BCUT2D eigenvalue weighted by atomic mass is 10.0. The number of likely N-dealkylation sites (N-methyl/N-ethyl adjacent to an activating group) is 1. The predicted octanol–water partition coefficient (Wildman–Crippen LogP) is 4.76. The fourth-order valence-electron chi connectivity index (χ4n) is 3.86. The number of rotatable bonds is 7. The van der Waals surface area contributed by atoms with Crippen LogP contribution in [0.5, 0.6) is 0 Å². The third-order valence-electron chi connectivity index (χ3n) is 5.48. The maximum absolute atomic E-state index is 13.1. The Hall–Kier alpha value is -3.16. The summed E-state index contributed by atoms with van der Waals surface area (Å²) in [6.07, 6.45) is 0.687. The third-order valence-corrected chi connectivity index (χ3v) is 6.09. The Labute approximate surface area is 207 Å². The molecular weight excluding hydrogens is 473 g/mol. The smallest absolute Gasteiger partial charge is 0.284 e. The number of halogens is 2. The van der Waals surface area contributed by atoms with Crippen LogP contribution in [0.25, 0.3) is 17.1 Å². The third kappa shape index (κ3) is 4.86. The molecule has 2 aromatic carbocycles. The molecule has 0 aromatic heterocycles. The number of nitrogens with one attached hydrogen (secondary N) is 2. The Kier molecular flexibility index (Phi) is 7.05. The number of carbonyl (C=O) groups excluding carboxylic acids is 1. The number of benzene rings is 2. The van der Waals surface area contributed by atoms with Crippen LogP contribution in [-0.4, -0.2) is 32.2 Å². The number of H-pyrrole nitrogens is 1. The second kappa shape index (κ2) is 9.99. The van der Waals surface area contributed by atoms with Crippen LogP contribution in [-0.2, 0) is 17.6 Å². The molecule has 0 saturated heterocycles. The summed E-state index contributed by atoms with van der Waals surface area (Å²) in [6.45, 7) is 6.46. The molecule has 7 nitrogen and oxygen atoms in total. The topological polar surface area (TPSA) is 92.7 Å². The Bertz CT molecular complexity index is 1340. The molecule has 34 heavy (non-hydrogen) atoms. The average Bonchev–Trinajstić information content (AvgIpc) is 3.15. The van der Waals surface area contributed by atoms with Crippen molar-refractivity contribution in [1.29, 1.82) is 0 Å². The van der Waals surface area contributed by atoms with Gasteiger partial charge in [-0.3, -0.25) is 14.7 Å². The van der Waals surface area contributed by atoms with E-state index in [1.54, 1.807) is 22.9 Å². The van der Waals surface area contributed by atoms with Crippen LogP contribution in [0.4, 0.5) is 0 Å². The summed E-state index contributed by atoms with van der Waals surface area (Å²) in [5.41, 5.74) is 3.16. The maximum Gasteiger partial charge on any atom is 0.284 e. The Morgan fingerprint density at radius 3 is 2.32 bits per heavy atom. The molecule has 0 bridgehead atoms. The lowest BCUT2D eigenvalue weighted by molar-refractivity contribution is -0.120. The van der Waals surface area contributed by atoms with Crippen LogP contribution in [0.1, 0.15) is 49.3 Å². The molecule has 0 aliphatic carbocycles. The molecule has 2 heterocycles. The molecule has 9 heteroatoms. The van der Waals surface area contributed by atoms with E-state index in [0.29, 0.717) is 52.3 Å². The van der Waals surface area contributed by atoms with Crippen LogP contribution in [0, 0.1) is 0 Å². The van der Waals surface area contributed by atoms with Gasteiger partial charge < -0.3 is 5.32 Å². The summed E-state index contributed by atoms with van der Waals surface area (Å²) in [4.78, 5) is 33.9. The van der Waals surface area contributed by atoms with Crippen LogP contribution in [0.3, 0.4) is 0 Å². The van der Waals surface area contributed by atoms with Crippen molar-refractivity contribution in [2.45, 2.75) is 39.5 Å². The molecule has 0 atom stereocenters. The van der Waals surface area contributed by atoms with Crippen LogP contribution < -0.4 is 10.9 Å². The molecule has 0 saturated carbocycles. The first-order chi connectivity index (χ1) is 16.3. The highest BCUT2D eigenvalue weighted by Gasteiger charge is 2.26. The fraction of sp³-hybridized carbons (Fsp3) is 0.280. The molecule has 176 valence electrons. The van der Waals surface area contributed by atoms with E-state index in [1.165, 1.54) is 0 Å². The van der Waals surface area contributed by atoms with Gasteiger partial charge in [0.15, 0.2) is 5.82 Å². The highest BCUT2D eigenvalue weighted by Crippen LogP contribution is 2.34. The van der Waals surface area contributed by atoms with E-state index in [1.807, 2.05) is 45.0 Å². The van der Waals surface area contributed by atoms with Gasteiger partial charge in [-0.1, -0.05) is 67.4 Å². The first-order valence-electron chi connectivity index (χ1n) is 11.1. The van der Waals surface area contributed by atoms with E-state index < -0.39 is 0 Å². The Morgan fingerprint density at radius 1 is 1.06 bits per heavy atom. The van der Waals surface area contributed by atoms with Gasteiger partial charge in [0.1, 0.15) is 17.1 Å². The van der Waals surface area contributed by atoms with E-state index in [4.69, 9.17) is 28.2 Å². The van der Waals surface area contributed by atoms with Gasteiger partial charge in [-0.25, -0.2) is 9.67 Å². The van der Waals surface area contributed by atoms with Gasteiger partial charge in [-0.05, 0) is 36.1 Å². The number of nitrogens with zero attached hydrogens (tertiary/aromatic N) is 3. The number of aromatic amines is 1. The fourth-order valence-corrected chi connectivity index (χ4v) is 4.43. The molecule has 2 aliphatic heterocycles. The van der Waals surface area contributed by atoms with E-state index in [-0.39, 0.29) is 17.4 Å². The zero-order valence-corrected chi connectivity index (χ0v) is 20.7. The molecule has 0 fully saturated rings. The summed E-state index contributed by atoms with van der Waals surface area (Å²) >= 11 is 12.9. The minimum absolute atomic E-state index is 0.0174. The summed E-state index contributed by atoms with van der Waals surface area (Å²) < 4.78 is 1.66. The first kappa shape index (κ1) is 24.0. The van der Waals surface area contributed by atoms with Crippen LogP contribution in [0.2, 0.25) is 10.0 Å². The van der Waals surface area contributed by atoms with Crippen molar-refractivity contribution in [3.63, 3.8) is 0 Å². The minimum atomic E-state index is -0.352. The van der Waals surface area contributed by atoms with Crippen molar-refractivity contribution in [2.24, 2.45) is 0 Å². The summed E-state index contributed by atoms with van der Waals surface area (Å²) in [7, 11) is 0. The van der Waals surface area contributed by atoms with Crippen LogP contribution >= 0.6 is 23.2 Å². The molecule has 2 aromatic rings. The van der Waals surface area contributed by atoms with Gasteiger partial charge in [0.25, 0.3) is 5.56 Å². The number of amides is 1. The molecule has 0 unspecified atom stereocenters. The quantitative estimate of drug-likeness (QED) is 0.384. The van der Waals surface area contributed by atoms with Gasteiger partial charge in [0.05, 0.1) is 22.2 Å². The lowest BCUT2D eigenvalue weighted by Gasteiger charge is -2.11. The Morgan fingerprint density at radius 2 is 1.71 bits per heavy atom. The second-order valence-corrected chi connectivity index (χ2v) is 9.17. The zero-order chi connectivity index (χ0) is 24.4. The van der Waals surface area contributed by atoms with Crippen molar-refractivity contribution in [3.8, 4) is 17.1 Å². The Balaban J connectivity index is 1.73. The normalized spacial score (nSPS) is 11.4. The van der Waals surface area contributed by atoms with Crippen molar-refractivity contribution < 1.29 is 4.79 Å². The van der Waals surface area contributed by atoms with Crippen molar-refractivity contribution in [3.05, 3.63) is 85.5 Å². The molecule has 0 spiro atoms. The molecule has 1 amide bonds. The maximum atomic E-state index is 13.1. The number of hydrogen-bond donors (Lipinski definition) is 2. The van der Waals surface area contributed by atoms with E-state index in [9.17, 15) is 9.59 Å². The monoisotopic (exact) mass is 497 g/mol. The number of para-hydroxylation sites is 1. The van der Waals surface area contributed by atoms with Crippen molar-refractivity contribution in [2.75, 3.05) is 6.54 Å². The highest BCUT2D eigenvalue weighted by atomic mass is 35.5. The summed E-state index contributed by atoms with van der Waals surface area (Å²) in [5, 5.41) is 6.93. The largest absolute Gasteiger partial charge is 0.356 e. The number of hydrogen-bond acceptors (Lipinski definition) is 4. The van der Waals surface area contributed by atoms with Crippen molar-refractivity contribution in [1.82, 2.24) is 25.1 Å². The molecule has 4 rings (SSSR count). The van der Waals surface area contributed by atoms with E-state index >= 15 is 0 Å². The number of carbonyl (C=O) groups is 1. The zero-order valence-electron chi connectivity index (χ0n) is 19.2. The van der Waals surface area contributed by atoms with Gasteiger partial charge in [0.2, 0.25) is 5.91 Å². The van der Waals surface area contributed by atoms with Gasteiger partial charge in [-0.15, -0.1) is 0 Å². The minimum Gasteiger partial charge on any atom is -0.356 e. The molecular formula is C25H25Cl2N5O2. The SMILES string of the molecule is CCNC(=O)Cc1ccc(Cc2nc3n(-c4c(Cl)cccc4Cl)[nH]c(C(C)C)c-3c(=O)n2)cc1. The molecule has 2 N–H and O–H groups in total. The molecule has 2 aliphatic rings. The average molecular weight is 498 g/mol. The van der Waals surface area contributed by atoms with Crippen molar-refractivity contribution >= 4 is 29.1 Å².